The minimum absolute atomic E-state index is 0.198. The number of methoxy groups -OCH3 is 1. The van der Waals surface area contributed by atoms with Crippen molar-refractivity contribution >= 4 is 17.7 Å². The number of aryl methyl sites for hydroxylation is 1. The van der Waals surface area contributed by atoms with Gasteiger partial charge in [0, 0.05) is 18.3 Å². The zero-order valence-corrected chi connectivity index (χ0v) is 14.2. The van der Waals surface area contributed by atoms with Crippen molar-refractivity contribution in [2.24, 2.45) is 7.05 Å². The minimum atomic E-state index is -0.643. The molecule has 1 heterocycles. The second-order valence-electron chi connectivity index (χ2n) is 5.96. The van der Waals surface area contributed by atoms with Crippen LogP contribution in [0.5, 0.6) is 0 Å². The number of rotatable bonds is 7. The predicted octanol–water partition coefficient (Wildman–Crippen LogP) is 1.68. The molecule has 0 radical (unpaired) electrons. The van der Waals surface area contributed by atoms with Gasteiger partial charge in [0.2, 0.25) is 0 Å². The number of ether oxygens (including phenoxy) is 1. The molecule has 21 heavy (non-hydrogen) atoms. The summed E-state index contributed by atoms with van der Waals surface area (Å²) < 4.78 is 6.94. The molecule has 0 aliphatic heterocycles. The van der Waals surface area contributed by atoms with Crippen LogP contribution in [0.1, 0.15) is 38.9 Å². The molecule has 1 N–H and O–H groups in total. The molecule has 0 bridgehead atoms. The van der Waals surface area contributed by atoms with Crippen LogP contribution >= 0.6 is 11.8 Å². The van der Waals surface area contributed by atoms with Gasteiger partial charge >= 0.3 is 5.97 Å². The maximum Gasteiger partial charge on any atom is 0.325 e. The molecule has 7 heteroatoms. The Morgan fingerprint density at radius 3 is 2.71 bits per heavy atom. The summed E-state index contributed by atoms with van der Waals surface area (Å²) in [5.41, 5.74) is -0.643. The average molecular weight is 312 g/mol. The monoisotopic (exact) mass is 312 g/mol. The van der Waals surface area contributed by atoms with Gasteiger partial charge in [-0.15, -0.1) is 10.2 Å². The van der Waals surface area contributed by atoms with E-state index in [1.54, 1.807) is 11.8 Å². The number of aromatic nitrogens is 3. The van der Waals surface area contributed by atoms with Crippen molar-refractivity contribution in [3.05, 3.63) is 5.82 Å². The van der Waals surface area contributed by atoms with Gasteiger partial charge in [-0.1, -0.05) is 18.7 Å². The van der Waals surface area contributed by atoms with Crippen molar-refractivity contribution in [2.75, 3.05) is 7.11 Å². The lowest BCUT2D eigenvalue weighted by atomic mass is 9.96. The van der Waals surface area contributed by atoms with E-state index < -0.39 is 5.54 Å². The van der Waals surface area contributed by atoms with Gasteiger partial charge in [0.1, 0.15) is 11.4 Å². The normalized spacial score (nSPS) is 19.1. The number of carbonyl (C=O) groups is 1. The van der Waals surface area contributed by atoms with Crippen LogP contribution < -0.4 is 5.32 Å². The molecule has 0 amide bonds. The molecule has 1 fully saturated rings. The zero-order valence-electron chi connectivity index (χ0n) is 13.3. The first-order valence-corrected chi connectivity index (χ1v) is 8.12. The van der Waals surface area contributed by atoms with Gasteiger partial charge in [0.15, 0.2) is 5.16 Å². The van der Waals surface area contributed by atoms with E-state index in [9.17, 15) is 4.79 Å². The number of thioether (sulfide) groups is 1. The van der Waals surface area contributed by atoms with Crippen LogP contribution in [0.15, 0.2) is 5.16 Å². The number of carbonyl (C=O) groups excluding carboxylic acids is 1. The summed E-state index contributed by atoms with van der Waals surface area (Å²) in [6.45, 7) is 5.95. The number of nitrogens with one attached hydrogen (secondary N) is 1. The van der Waals surface area contributed by atoms with Crippen molar-refractivity contribution in [3.63, 3.8) is 0 Å². The summed E-state index contributed by atoms with van der Waals surface area (Å²) in [4.78, 5) is 12.1. The van der Waals surface area contributed by atoms with Gasteiger partial charge in [-0.3, -0.25) is 10.1 Å². The van der Waals surface area contributed by atoms with E-state index in [2.05, 4.69) is 22.4 Å². The van der Waals surface area contributed by atoms with Crippen LogP contribution in [0.3, 0.4) is 0 Å². The maximum absolute atomic E-state index is 12.1. The van der Waals surface area contributed by atoms with E-state index in [4.69, 9.17) is 4.74 Å². The van der Waals surface area contributed by atoms with Crippen LogP contribution in [0.25, 0.3) is 0 Å². The fraction of sp³-hybridized carbons (Fsp3) is 0.786. The minimum Gasteiger partial charge on any atom is -0.468 e. The molecule has 6 nitrogen and oxygen atoms in total. The Labute approximate surface area is 130 Å². The Hall–Kier alpha value is -1.08. The highest BCUT2D eigenvalue weighted by molar-refractivity contribution is 7.99. The largest absolute Gasteiger partial charge is 0.468 e. The Bertz CT molecular complexity index is 515. The topological polar surface area (TPSA) is 69.0 Å². The summed E-state index contributed by atoms with van der Waals surface area (Å²) in [5, 5.41) is 12.7. The van der Waals surface area contributed by atoms with Gasteiger partial charge in [0.25, 0.3) is 0 Å². The van der Waals surface area contributed by atoms with Crippen molar-refractivity contribution in [2.45, 2.75) is 62.0 Å². The average Bonchev–Trinajstić information content (AvgIpc) is 3.19. The van der Waals surface area contributed by atoms with Crippen LogP contribution in [-0.4, -0.2) is 44.7 Å². The molecule has 2 rings (SSSR count). The highest BCUT2D eigenvalue weighted by Gasteiger charge is 2.40. The fourth-order valence-electron chi connectivity index (χ4n) is 2.39. The smallest absolute Gasteiger partial charge is 0.325 e. The maximum atomic E-state index is 12.1. The Balaban J connectivity index is 2.01. The molecule has 1 saturated carbocycles. The number of hydrogen-bond acceptors (Lipinski definition) is 6. The molecule has 1 aromatic rings. The van der Waals surface area contributed by atoms with Crippen molar-refractivity contribution in [1.82, 2.24) is 20.1 Å². The Morgan fingerprint density at radius 2 is 2.24 bits per heavy atom. The summed E-state index contributed by atoms with van der Waals surface area (Å²) in [5.74, 6) is 0.688. The van der Waals surface area contributed by atoms with Gasteiger partial charge in [0.05, 0.1) is 7.11 Å². The number of nitrogens with zero attached hydrogens (tertiary/aromatic N) is 3. The summed E-state index contributed by atoms with van der Waals surface area (Å²) in [6, 6.07) is 0.448. The summed E-state index contributed by atoms with van der Waals surface area (Å²) in [7, 11) is 3.39. The second kappa shape index (κ2) is 6.36. The fourth-order valence-corrected chi connectivity index (χ4v) is 3.55. The van der Waals surface area contributed by atoms with E-state index in [-0.39, 0.29) is 11.2 Å². The molecule has 0 aromatic carbocycles. The lowest BCUT2D eigenvalue weighted by Crippen LogP contribution is -2.52. The molecule has 1 aliphatic rings. The van der Waals surface area contributed by atoms with E-state index in [0.717, 1.165) is 23.8 Å². The van der Waals surface area contributed by atoms with Gasteiger partial charge in [-0.05, 0) is 33.1 Å². The molecule has 1 aromatic heterocycles. The Kier molecular flexibility index (Phi) is 4.93. The highest BCUT2D eigenvalue weighted by atomic mass is 32.2. The first-order chi connectivity index (χ1) is 9.85. The van der Waals surface area contributed by atoms with E-state index in [1.807, 2.05) is 25.5 Å². The molecule has 2 unspecified atom stereocenters. The summed E-state index contributed by atoms with van der Waals surface area (Å²) in [6.07, 6.45) is 2.96. The van der Waals surface area contributed by atoms with Crippen LogP contribution in [0.4, 0.5) is 0 Å². The first kappa shape index (κ1) is 16.3. The van der Waals surface area contributed by atoms with Gasteiger partial charge < -0.3 is 9.30 Å². The highest BCUT2D eigenvalue weighted by Crippen LogP contribution is 2.31. The SMILES string of the molecule is COC(=O)C(C)(CC(C)Sc1nnc(C)n1C)NC1CC1. The molecule has 118 valence electrons. The van der Waals surface area contributed by atoms with E-state index >= 15 is 0 Å². The third-order valence-corrected chi connectivity index (χ3v) is 4.93. The molecule has 2 atom stereocenters. The van der Waals surface area contributed by atoms with E-state index in [0.29, 0.717) is 12.5 Å². The molecule has 0 spiro atoms. The second-order valence-corrected chi connectivity index (χ2v) is 7.37. The molecule has 1 aliphatic carbocycles. The van der Waals surface area contributed by atoms with Crippen molar-refractivity contribution < 1.29 is 9.53 Å². The first-order valence-electron chi connectivity index (χ1n) is 7.24. The van der Waals surface area contributed by atoms with Gasteiger partial charge in [-0.2, -0.15) is 0 Å². The standard InChI is InChI=1S/C14H24N4O2S/c1-9(21-13-17-16-10(2)18(13)4)8-14(3,12(19)20-5)15-11-6-7-11/h9,11,15H,6-8H2,1-5H3. The van der Waals surface area contributed by atoms with Crippen LogP contribution in [0.2, 0.25) is 0 Å². The third kappa shape index (κ3) is 3.97. The number of esters is 1. The molecular weight excluding hydrogens is 288 g/mol. The molecule has 0 saturated heterocycles. The third-order valence-electron chi connectivity index (χ3n) is 3.79. The number of hydrogen-bond donors (Lipinski definition) is 1. The lowest BCUT2D eigenvalue weighted by Gasteiger charge is -2.30. The zero-order chi connectivity index (χ0) is 15.6. The Morgan fingerprint density at radius 1 is 1.57 bits per heavy atom. The van der Waals surface area contributed by atoms with Crippen LogP contribution in [-0.2, 0) is 16.6 Å². The van der Waals surface area contributed by atoms with E-state index in [1.165, 1.54) is 7.11 Å². The molecular formula is C14H24N4O2S. The van der Waals surface area contributed by atoms with Crippen molar-refractivity contribution in [1.29, 1.82) is 0 Å². The van der Waals surface area contributed by atoms with Gasteiger partial charge in [-0.25, -0.2) is 0 Å². The predicted molar refractivity (Wildman–Crippen MR) is 82.3 cm³/mol. The summed E-state index contributed by atoms with van der Waals surface area (Å²) >= 11 is 1.63. The lowest BCUT2D eigenvalue weighted by molar-refractivity contribution is -0.148. The van der Waals surface area contributed by atoms with Crippen LogP contribution in [0, 0.1) is 6.92 Å². The quantitative estimate of drug-likeness (QED) is 0.610. The van der Waals surface area contributed by atoms with Crippen molar-refractivity contribution in [3.8, 4) is 0 Å².